The number of aromatic nitrogens is 1. The first-order valence-corrected chi connectivity index (χ1v) is 14.8. The van der Waals surface area contributed by atoms with Crippen LogP contribution >= 0.6 is 0 Å². The van der Waals surface area contributed by atoms with Crippen molar-refractivity contribution in [1.29, 1.82) is 0 Å². The van der Waals surface area contributed by atoms with Crippen molar-refractivity contribution in [3.8, 4) is 28.5 Å². The van der Waals surface area contributed by atoms with Crippen LogP contribution in [0.25, 0.3) is 22.0 Å². The van der Waals surface area contributed by atoms with Crippen LogP contribution in [-0.4, -0.2) is 22.0 Å². The molecule has 2 aliphatic rings. The van der Waals surface area contributed by atoms with Gasteiger partial charge in [0.2, 0.25) is 5.88 Å². The van der Waals surface area contributed by atoms with Gasteiger partial charge in [-0.3, -0.25) is 4.99 Å². The van der Waals surface area contributed by atoms with Gasteiger partial charge in [0.05, 0.1) is 6.04 Å². The van der Waals surface area contributed by atoms with Crippen molar-refractivity contribution in [2.45, 2.75) is 65.0 Å². The monoisotopic (exact) mass is 762 g/mol. The maximum atomic E-state index is 10.6. The summed E-state index contributed by atoms with van der Waals surface area (Å²) in [5.41, 5.74) is 8.56. The molecule has 7 rings (SSSR count). The summed E-state index contributed by atoms with van der Waals surface area (Å²) >= 11 is 0. The summed E-state index contributed by atoms with van der Waals surface area (Å²) in [7, 11) is 0. The molecule has 2 atom stereocenters. The number of pyridine rings is 1. The smallest absolute Gasteiger partial charge is 0.217 e. The van der Waals surface area contributed by atoms with Gasteiger partial charge in [0.15, 0.2) is 0 Å². The molecular formula is C38H35N2O3Pt-. The standard InChI is InChI=1S/C38H35N2O3.Pt/c1-22-16-25-14-15-33(40-35(25)31(41)17-22)42-28-19-26(34-23(2)10-9-11-24(34)3)18-27(20-28)36-39-32-21-37(4,5)29-12-7-8-13-30(29)38(32,6)43-36;/h7-19,32,41H,21H2,1-6H3;/q-1;/t32-,38+;/m0./s1. The largest absolute Gasteiger partial charge is 0.508 e. The Morgan fingerprint density at radius 3 is 2.36 bits per heavy atom. The van der Waals surface area contributed by atoms with Crippen molar-refractivity contribution >= 4 is 16.8 Å². The molecular weight excluding hydrogens is 728 g/mol. The van der Waals surface area contributed by atoms with E-state index in [4.69, 9.17) is 14.5 Å². The number of aliphatic imine (C=N–C) groups is 1. The van der Waals surface area contributed by atoms with Crippen molar-refractivity contribution in [3.05, 3.63) is 118 Å². The number of aromatic hydroxyl groups is 1. The number of phenolic OH excluding ortho intramolecular Hbond substituents is 1. The van der Waals surface area contributed by atoms with Gasteiger partial charge in [0.1, 0.15) is 22.8 Å². The summed E-state index contributed by atoms with van der Waals surface area (Å²) in [6.45, 7) is 12.9. The Kier molecular flexibility index (Phi) is 7.45. The van der Waals surface area contributed by atoms with E-state index in [2.05, 4.69) is 94.2 Å². The molecule has 5 nitrogen and oxygen atoms in total. The van der Waals surface area contributed by atoms with Gasteiger partial charge in [-0.25, -0.2) is 4.98 Å². The summed E-state index contributed by atoms with van der Waals surface area (Å²) in [5.74, 6) is 1.57. The minimum Gasteiger partial charge on any atom is -0.508 e. The number of hydrogen-bond donors (Lipinski definition) is 1. The van der Waals surface area contributed by atoms with E-state index >= 15 is 0 Å². The molecule has 226 valence electrons. The Morgan fingerprint density at radius 2 is 1.61 bits per heavy atom. The Bertz CT molecular complexity index is 1940. The fourth-order valence-electron chi connectivity index (χ4n) is 6.90. The van der Waals surface area contributed by atoms with Crippen LogP contribution in [0.1, 0.15) is 60.6 Å². The van der Waals surface area contributed by atoms with Gasteiger partial charge >= 0.3 is 0 Å². The Hall–Kier alpha value is -3.95. The van der Waals surface area contributed by atoms with Gasteiger partial charge in [-0.2, -0.15) is 0 Å². The first-order valence-electron chi connectivity index (χ1n) is 14.8. The predicted octanol–water partition coefficient (Wildman–Crippen LogP) is 8.86. The molecule has 0 radical (unpaired) electrons. The number of hydrogen-bond acceptors (Lipinski definition) is 5. The van der Waals surface area contributed by atoms with Crippen LogP contribution in [0.2, 0.25) is 0 Å². The van der Waals surface area contributed by atoms with Crippen molar-refractivity contribution in [3.63, 3.8) is 0 Å². The fourth-order valence-corrected chi connectivity index (χ4v) is 6.90. The summed E-state index contributed by atoms with van der Waals surface area (Å²) in [6.07, 6.45) is 0.883. The molecule has 0 fully saturated rings. The second kappa shape index (κ2) is 10.9. The van der Waals surface area contributed by atoms with E-state index in [9.17, 15) is 5.11 Å². The molecule has 1 aliphatic heterocycles. The molecule has 1 N–H and O–H groups in total. The zero-order chi connectivity index (χ0) is 30.1. The first kappa shape index (κ1) is 30.1. The SMILES string of the molecule is Cc1cc(O)c2nc(Oc3[c-]c(C4=N[C@H]5CC(C)(C)c6ccccc6[C@@]5(C)O4)cc(-c4c(C)cccc4C)c3)ccc2c1.[Pt]. The summed E-state index contributed by atoms with van der Waals surface area (Å²) in [4.78, 5) is 9.83. The Morgan fingerprint density at radius 1 is 0.886 bits per heavy atom. The molecule has 0 spiro atoms. The fraction of sp³-hybridized carbons (Fsp3) is 0.263. The minimum atomic E-state index is -0.569. The number of aryl methyl sites for hydroxylation is 3. The van der Waals surface area contributed by atoms with Crippen LogP contribution in [0.3, 0.4) is 0 Å². The number of rotatable bonds is 4. The van der Waals surface area contributed by atoms with Crippen LogP contribution in [0.4, 0.5) is 0 Å². The quantitative estimate of drug-likeness (QED) is 0.186. The number of ether oxygens (including phenoxy) is 2. The van der Waals surface area contributed by atoms with Crippen molar-refractivity contribution in [2.24, 2.45) is 4.99 Å². The average molecular weight is 763 g/mol. The predicted molar refractivity (Wildman–Crippen MR) is 171 cm³/mol. The second-order valence-corrected chi connectivity index (χ2v) is 12.8. The number of fused-ring (bicyclic) bond motifs is 4. The molecule has 6 heteroatoms. The van der Waals surface area contributed by atoms with Gasteiger partial charge in [-0.05, 0) is 91.1 Å². The maximum Gasteiger partial charge on any atom is 0.217 e. The van der Waals surface area contributed by atoms with Crippen molar-refractivity contribution < 1.29 is 35.6 Å². The molecule has 5 aromatic rings. The molecule has 0 saturated carbocycles. The molecule has 44 heavy (non-hydrogen) atoms. The molecule has 0 bridgehead atoms. The third kappa shape index (κ3) is 5.01. The van der Waals surface area contributed by atoms with Gasteiger partial charge in [-0.15, -0.1) is 6.07 Å². The van der Waals surface area contributed by atoms with Gasteiger partial charge in [-0.1, -0.05) is 79.6 Å². The Labute approximate surface area is 273 Å². The average Bonchev–Trinajstić information content (AvgIpc) is 3.30. The van der Waals surface area contributed by atoms with Crippen molar-refractivity contribution in [2.75, 3.05) is 0 Å². The summed E-state index contributed by atoms with van der Waals surface area (Å²) in [5, 5.41) is 11.4. The normalized spacial score (nSPS) is 19.8. The molecule has 0 amide bonds. The van der Waals surface area contributed by atoms with E-state index in [1.807, 2.05) is 31.2 Å². The topological polar surface area (TPSA) is 63.9 Å². The van der Waals surface area contributed by atoms with E-state index < -0.39 is 5.60 Å². The molecule has 0 saturated heterocycles. The van der Waals surface area contributed by atoms with Crippen LogP contribution in [0.5, 0.6) is 17.4 Å². The van der Waals surface area contributed by atoms with Gasteiger partial charge in [0.25, 0.3) is 0 Å². The van der Waals surface area contributed by atoms with Gasteiger partial charge < -0.3 is 14.6 Å². The van der Waals surface area contributed by atoms with Crippen LogP contribution in [0, 0.1) is 26.8 Å². The first-order chi connectivity index (χ1) is 20.5. The molecule has 0 unspecified atom stereocenters. The van der Waals surface area contributed by atoms with E-state index in [1.54, 1.807) is 6.07 Å². The number of phenols is 1. The Balaban J connectivity index is 0.00000343. The van der Waals surface area contributed by atoms with E-state index in [-0.39, 0.29) is 38.3 Å². The summed E-state index contributed by atoms with van der Waals surface area (Å²) in [6, 6.07) is 29.8. The third-order valence-corrected chi connectivity index (χ3v) is 9.06. The number of benzene rings is 4. The van der Waals surface area contributed by atoms with Crippen LogP contribution in [0.15, 0.2) is 83.9 Å². The molecule has 1 aromatic heterocycles. The summed E-state index contributed by atoms with van der Waals surface area (Å²) < 4.78 is 13.2. The molecule has 1 aliphatic carbocycles. The van der Waals surface area contributed by atoms with E-state index in [0.29, 0.717) is 23.0 Å². The molecule has 2 heterocycles. The zero-order valence-electron chi connectivity index (χ0n) is 25.8. The van der Waals surface area contributed by atoms with E-state index in [1.165, 1.54) is 11.1 Å². The van der Waals surface area contributed by atoms with Crippen molar-refractivity contribution in [1.82, 2.24) is 4.98 Å². The maximum absolute atomic E-state index is 10.6. The molecule has 4 aromatic carbocycles. The number of nitrogens with zero attached hydrogens (tertiary/aromatic N) is 2. The minimum absolute atomic E-state index is 0. The van der Waals surface area contributed by atoms with Crippen LogP contribution < -0.4 is 4.74 Å². The second-order valence-electron chi connectivity index (χ2n) is 12.8. The van der Waals surface area contributed by atoms with Gasteiger partial charge in [0, 0.05) is 38.3 Å². The van der Waals surface area contributed by atoms with Crippen LogP contribution in [-0.2, 0) is 36.8 Å². The van der Waals surface area contributed by atoms with E-state index in [0.717, 1.165) is 45.2 Å². The zero-order valence-corrected chi connectivity index (χ0v) is 28.0. The third-order valence-electron chi connectivity index (χ3n) is 9.06.